The van der Waals surface area contributed by atoms with E-state index < -0.39 is 5.97 Å². The van der Waals surface area contributed by atoms with Gasteiger partial charge in [0.05, 0.1) is 16.8 Å². The number of rotatable bonds is 3. The van der Waals surface area contributed by atoms with Gasteiger partial charge in [0.15, 0.2) is 0 Å². The summed E-state index contributed by atoms with van der Waals surface area (Å²) in [5.41, 5.74) is 3.74. The van der Waals surface area contributed by atoms with E-state index in [1.165, 1.54) is 0 Å². The largest absolute Gasteiger partial charge is 0.478 e. The predicted molar refractivity (Wildman–Crippen MR) is 86.7 cm³/mol. The number of aryl methyl sites for hydroxylation is 1. The Morgan fingerprint density at radius 3 is 2.81 bits per heavy atom. The molecule has 0 aliphatic carbocycles. The molecular weight excluding hydrogens is 282 g/mol. The number of pyridine rings is 1. The Morgan fingerprint density at radius 1 is 1.24 bits per heavy atom. The van der Waals surface area contributed by atoms with Gasteiger partial charge in [-0.25, -0.2) is 9.78 Å². The first-order chi connectivity index (χ1) is 10.1. The van der Waals surface area contributed by atoms with Gasteiger partial charge in [0.1, 0.15) is 0 Å². The van der Waals surface area contributed by atoms with E-state index in [0.717, 1.165) is 11.1 Å². The normalized spacial score (nSPS) is 11.3. The lowest BCUT2D eigenvalue weighted by Crippen LogP contribution is -2.00. The second-order valence-electron chi connectivity index (χ2n) is 4.81. The van der Waals surface area contributed by atoms with Gasteiger partial charge in [-0.3, -0.25) is 0 Å². The van der Waals surface area contributed by atoms with Crippen molar-refractivity contribution in [1.29, 1.82) is 0 Å². The summed E-state index contributed by atoms with van der Waals surface area (Å²) in [6, 6.07) is 9.28. The molecule has 0 atom stereocenters. The molecule has 3 aromatic rings. The minimum atomic E-state index is -0.932. The standard InChI is InChI=1S/C17H13NO2S/c1-11-2-5-16-14(8-11)15(17(19)20)9-13(18-16)4-3-12-6-7-21-10-12/h2-10H,1H3,(H,19,20)/b4-3+. The van der Waals surface area contributed by atoms with E-state index >= 15 is 0 Å². The summed E-state index contributed by atoms with van der Waals surface area (Å²) in [7, 11) is 0. The summed E-state index contributed by atoms with van der Waals surface area (Å²) in [5.74, 6) is -0.932. The van der Waals surface area contributed by atoms with Crippen LogP contribution in [-0.4, -0.2) is 16.1 Å². The average molecular weight is 295 g/mol. The lowest BCUT2D eigenvalue weighted by molar-refractivity contribution is 0.0699. The average Bonchev–Trinajstić information content (AvgIpc) is 2.97. The maximum atomic E-state index is 11.5. The number of carboxylic acids is 1. The summed E-state index contributed by atoms with van der Waals surface area (Å²) in [5, 5.41) is 14.1. The maximum Gasteiger partial charge on any atom is 0.336 e. The summed E-state index contributed by atoms with van der Waals surface area (Å²) >= 11 is 1.62. The number of aromatic nitrogens is 1. The van der Waals surface area contributed by atoms with Crippen molar-refractivity contribution in [2.75, 3.05) is 0 Å². The van der Waals surface area contributed by atoms with Crippen molar-refractivity contribution >= 4 is 40.4 Å². The molecule has 0 fully saturated rings. The number of carbonyl (C=O) groups is 1. The molecule has 0 aliphatic rings. The molecule has 104 valence electrons. The van der Waals surface area contributed by atoms with E-state index in [4.69, 9.17) is 0 Å². The van der Waals surface area contributed by atoms with E-state index in [1.54, 1.807) is 17.4 Å². The zero-order valence-electron chi connectivity index (χ0n) is 11.4. The van der Waals surface area contributed by atoms with Gasteiger partial charge in [-0.05, 0) is 53.6 Å². The van der Waals surface area contributed by atoms with Crippen LogP contribution in [0.1, 0.15) is 27.2 Å². The summed E-state index contributed by atoms with van der Waals surface area (Å²) in [4.78, 5) is 16.0. The van der Waals surface area contributed by atoms with Crippen molar-refractivity contribution in [3.8, 4) is 0 Å². The van der Waals surface area contributed by atoms with Gasteiger partial charge >= 0.3 is 5.97 Å². The monoisotopic (exact) mass is 295 g/mol. The quantitative estimate of drug-likeness (QED) is 0.775. The van der Waals surface area contributed by atoms with Crippen LogP contribution < -0.4 is 0 Å². The van der Waals surface area contributed by atoms with Gasteiger partial charge in [-0.15, -0.1) is 0 Å². The van der Waals surface area contributed by atoms with E-state index in [0.29, 0.717) is 16.6 Å². The third kappa shape index (κ3) is 2.85. The van der Waals surface area contributed by atoms with Gasteiger partial charge in [-0.1, -0.05) is 17.7 Å². The number of hydrogen-bond donors (Lipinski definition) is 1. The van der Waals surface area contributed by atoms with Gasteiger partial charge in [0.2, 0.25) is 0 Å². The van der Waals surface area contributed by atoms with Crippen molar-refractivity contribution in [1.82, 2.24) is 4.98 Å². The Hall–Kier alpha value is -2.46. The molecule has 4 heteroatoms. The fraction of sp³-hybridized carbons (Fsp3) is 0.0588. The highest BCUT2D eigenvalue weighted by Crippen LogP contribution is 2.21. The summed E-state index contributed by atoms with van der Waals surface area (Å²) in [6.07, 6.45) is 3.78. The van der Waals surface area contributed by atoms with E-state index in [-0.39, 0.29) is 5.56 Å². The number of fused-ring (bicyclic) bond motifs is 1. The molecule has 3 nitrogen and oxygen atoms in total. The molecule has 0 aliphatic heterocycles. The number of thiophene rings is 1. The molecule has 1 aromatic carbocycles. The van der Waals surface area contributed by atoms with Crippen LogP contribution in [0, 0.1) is 6.92 Å². The molecule has 0 radical (unpaired) electrons. The summed E-state index contributed by atoms with van der Waals surface area (Å²) in [6.45, 7) is 1.94. The Morgan fingerprint density at radius 2 is 2.10 bits per heavy atom. The Kier molecular flexibility index (Phi) is 3.54. The number of aromatic carboxylic acids is 1. The van der Waals surface area contributed by atoms with Gasteiger partial charge in [-0.2, -0.15) is 11.3 Å². The minimum Gasteiger partial charge on any atom is -0.478 e. The zero-order valence-corrected chi connectivity index (χ0v) is 12.2. The first-order valence-electron chi connectivity index (χ1n) is 6.48. The van der Waals surface area contributed by atoms with E-state index in [9.17, 15) is 9.90 Å². The minimum absolute atomic E-state index is 0.286. The second kappa shape index (κ2) is 5.50. The SMILES string of the molecule is Cc1ccc2nc(/C=C/c3ccsc3)cc(C(=O)O)c2c1. The predicted octanol–water partition coefficient (Wildman–Crippen LogP) is 4.47. The molecular formula is C17H13NO2S. The molecule has 0 unspecified atom stereocenters. The highest BCUT2D eigenvalue weighted by molar-refractivity contribution is 7.08. The lowest BCUT2D eigenvalue weighted by atomic mass is 10.0. The Bertz CT molecular complexity index is 835. The number of hydrogen-bond acceptors (Lipinski definition) is 3. The molecule has 2 heterocycles. The molecule has 21 heavy (non-hydrogen) atoms. The fourth-order valence-corrected chi connectivity index (χ4v) is 2.80. The molecule has 0 saturated carbocycles. The number of nitrogens with zero attached hydrogens (tertiary/aromatic N) is 1. The number of carboxylic acid groups (broad SMARTS) is 1. The molecule has 0 saturated heterocycles. The van der Waals surface area contributed by atoms with Crippen molar-refractivity contribution < 1.29 is 9.90 Å². The zero-order chi connectivity index (χ0) is 14.8. The van der Waals surface area contributed by atoms with Crippen molar-refractivity contribution in [3.05, 3.63) is 63.5 Å². The first kappa shape index (κ1) is 13.5. The Balaban J connectivity index is 2.12. The van der Waals surface area contributed by atoms with Gasteiger partial charge in [0, 0.05) is 5.39 Å². The molecule has 0 amide bonds. The molecule has 2 aromatic heterocycles. The highest BCUT2D eigenvalue weighted by Gasteiger charge is 2.11. The highest BCUT2D eigenvalue weighted by atomic mass is 32.1. The first-order valence-corrected chi connectivity index (χ1v) is 7.43. The van der Waals surface area contributed by atoms with Gasteiger partial charge < -0.3 is 5.11 Å². The Labute approximate surface area is 126 Å². The molecule has 1 N–H and O–H groups in total. The number of benzene rings is 1. The van der Waals surface area contributed by atoms with Crippen LogP contribution in [0.15, 0.2) is 41.1 Å². The van der Waals surface area contributed by atoms with Crippen LogP contribution in [-0.2, 0) is 0 Å². The second-order valence-corrected chi connectivity index (χ2v) is 5.59. The van der Waals surface area contributed by atoms with Crippen LogP contribution >= 0.6 is 11.3 Å². The van der Waals surface area contributed by atoms with Crippen molar-refractivity contribution in [3.63, 3.8) is 0 Å². The maximum absolute atomic E-state index is 11.5. The van der Waals surface area contributed by atoms with Crippen molar-refractivity contribution in [2.24, 2.45) is 0 Å². The van der Waals surface area contributed by atoms with Crippen LogP contribution in [0.4, 0.5) is 0 Å². The molecule has 0 spiro atoms. The lowest BCUT2D eigenvalue weighted by Gasteiger charge is -2.05. The van der Waals surface area contributed by atoms with E-state index in [1.807, 2.05) is 54.1 Å². The third-order valence-corrected chi connectivity index (χ3v) is 3.91. The topological polar surface area (TPSA) is 50.2 Å². The van der Waals surface area contributed by atoms with E-state index in [2.05, 4.69) is 4.98 Å². The third-order valence-electron chi connectivity index (χ3n) is 3.20. The van der Waals surface area contributed by atoms with Crippen LogP contribution in [0.5, 0.6) is 0 Å². The van der Waals surface area contributed by atoms with Gasteiger partial charge in [0.25, 0.3) is 0 Å². The summed E-state index contributed by atoms with van der Waals surface area (Å²) < 4.78 is 0. The smallest absolute Gasteiger partial charge is 0.336 e. The van der Waals surface area contributed by atoms with Crippen LogP contribution in [0.25, 0.3) is 23.1 Å². The molecule has 0 bridgehead atoms. The van der Waals surface area contributed by atoms with Crippen LogP contribution in [0.3, 0.4) is 0 Å². The van der Waals surface area contributed by atoms with Crippen LogP contribution in [0.2, 0.25) is 0 Å². The fourth-order valence-electron chi connectivity index (χ4n) is 2.17. The molecule has 3 rings (SSSR count). The van der Waals surface area contributed by atoms with Crippen molar-refractivity contribution in [2.45, 2.75) is 6.92 Å².